The van der Waals surface area contributed by atoms with Gasteiger partial charge in [-0.2, -0.15) is 0 Å². The van der Waals surface area contributed by atoms with Crippen LogP contribution in [0.1, 0.15) is 24.2 Å². The molecule has 0 unspecified atom stereocenters. The molecule has 0 bridgehead atoms. The highest BCUT2D eigenvalue weighted by molar-refractivity contribution is 8.18. The van der Waals surface area contributed by atoms with Crippen molar-refractivity contribution in [2.75, 3.05) is 24.5 Å². The zero-order chi connectivity index (χ0) is 29.6. The lowest BCUT2D eigenvalue weighted by molar-refractivity contribution is -0.115. The van der Waals surface area contributed by atoms with Crippen LogP contribution in [-0.4, -0.2) is 45.7 Å². The van der Waals surface area contributed by atoms with Crippen LogP contribution in [0.4, 0.5) is 15.1 Å². The normalized spacial score (nSPS) is 16.5. The number of carbonyl (C=O) groups excluding carboxylic acids is 2. The van der Waals surface area contributed by atoms with Crippen molar-refractivity contribution in [3.63, 3.8) is 0 Å². The van der Waals surface area contributed by atoms with E-state index in [4.69, 9.17) is 4.74 Å². The van der Waals surface area contributed by atoms with Crippen LogP contribution in [0, 0.1) is 11.7 Å². The van der Waals surface area contributed by atoms with E-state index < -0.39 is 5.91 Å². The molecule has 4 aromatic rings. The summed E-state index contributed by atoms with van der Waals surface area (Å²) < 4.78 is 20.3. The average Bonchev–Trinajstić information content (AvgIpc) is 3.34. The third-order valence-electron chi connectivity index (χ3n) is 7.19. The van der Waals surface area contributed by atoms with Crippen LogP contribution in [-0.2, 0) is 11.3 Å². The topological polar surface area (TPSA) is 109 Å². The number of imide groups is 1. The third-order valence-corrected chi connectivity index (χ3v) is 8.00. The van der Waals surface area contributed by atoms with E-state index in [-0.39, 0.29) is 11.1 Å². The second kappa shape index (κ2) is 13.1. The molecule has 2 N–H and O–H groups in total. The highest BCUT2D eigenvalue weighted by Gasteiger charge is 2.26. The highest BCUT2D eigenvalue weighted by Crippen LogP contribution is 2.27. The standard InChI is InChI=1S/C32H29FN6O3S/c33-23-16-25(36-28(17-23)22-6-8-27(9-7-22)42-26-4-2-1-3-5-26)20-34-19-21-11-14-39(15-12-21)31-35-13-10-24(37-31)18-29-30(40)38-32(41)43-29/h1-10,13,16-18,21,34H,11-12,14-15,19-20H2,(H,38,40,41). The minimum absolute atomic E-state index is 0.323. The molecule has 2 fully saturated rings. The number of benzene rings is 2. The van der Waals surface area contributed by atoms with Crippen molar-refractivity contribution in [1.82, 2.24) is 25.6 Å². The number of ether oxygens (including phenoxy) is 1. The lowest BCUT2D eigenvalue weighted by Crippen LogP contribution is -2.38. The van der Waals surface area contributed by atoms with Crippen molar-refractivity contribution in [2.24, 2.45) is 5.92 Å². The summed E-state index contributed by atoms with van der Waals surface area (Å²) in [6.07, 6.45) is 5.17. The molecule has 0 atom stereocenters. The molecule has 2 amide bonds. The number of hydrogen-bond donors (Lipinski definition) is 2. The predicted molar refractivity (Wildman–Crippen MR) is 164 cm³/mol. The Morgan fingerprint density at radius 2 is 1.77 bits per heavy atom. The van der Waals surface area contributed by atoms with Gasteiger partial charge in [0.15, 0.2) is 0 Å². The summed E-state index contributed by atoms with van der Waals surface area (Å²) >= 11 is 0.868. The summed E-state index contributed by atoms with van der Waals surface area (Å²) in [6.45, 7) is 2.85. The van der Waals surface area contributed by atoms with Crippen molar-refractivity contribution in [3.05, 3.63) is 101 Å². The fraction of sp³-hybridized carbons (Fsp3) is 0.219. The Hall–Kier alpha value is -4.61. The van der Waals surface area contributed by atoms with Crippen LogP contribution in [0.3, 0.4) is 0 Å². The van der Waals surface area contributed by atoms with Crippen molar-refractivity contribution in [1.29, 1.82) is 0 Å². The number of anilines is 1. The molecular weight excluding hydrogens is 567 g/mol. The molecule has 2 aliphatic heterocycles. The number of nitrogens with zero attached hydrogens (tertiary/aromatic N) is 4. The Morgan fingerprint density at radius 1 is 1.00 bits per heavy atom. The van der Waals surface area contributed by atoms with Crippen molar-refractivity contribution >= 4 is 34.9 Å². The Bertz CT molecular complexity index is 1640. The third kappa shape index (κ3) is 7.43. The average molecular weight is 597 g/mol. The van der Waals surface area contributed by atoms with E-state index >= 15 is 0 Å². The van der Waals surface area contributed by atoms with Crippen LogP contribution in [0.15, 0.2) is 83.9 Å². The molecule has 218 valence electrons. The second-order valence-electron chi connectivity index (χ2n) is 10.3. The minimum atomic E-state index is -0.406. The maximum Gasteiger partial charge on any atom is 0.290 e. The zero-order valence-corrected chi connectivity index (χ0v) is 24.0. The van der Waals surface area contributed by atoms with Crippen molar-refractivity contribution in [3.8, 4) is 22.8 Å². The number of rotatable bonds is 9. The first-order valence-electron chi connectivity index (χ1n) is 14.0. The fourth-order valence-corrected chi connectivity index (χ4v) is 5.67. The van der Waals surface area contributed by atoms with E-state index in [1.807, 2.05) is 54.6 Å². The first kappa shape index (κ1) is 28.5. The van der Waals surface area contributed by atoms with Gasteiger partial charge in [-0.1, -0.05) is 18.2 Å². The van der Waals surface area contributed by atoms with Gasteiger partial charge >= 0.3 is 0 Å². The van der Waals surface area contributed by atoms with Gasteiger partial charge in [0.25, 0.3) is 11.1 Å². The number of para-hydroxylation sites is 1. The molecule has 43 heavy (non-hydrogen) atoms. The van der Waals surface area contributed by atoms with Crippen LogP contribution in [0.2, 0.25) is 0 Å². The molecule has 2 aromatic carbocycles. The van der Waals surface area contributed by atoms with E-state index in [1.54, 1.807) is 18.3 Å². The van der Waals surface area contributed by atoms with Gasteiger partial charge in [0.2, 0.25) is 5.95 Å². The number of amides is 2. The molecule has 9 nitrogen and oxygen atoms in total. The maximum atomic E-state index is 14.5. The molecule has 0 spiro atoms. The minimum Gasteiger partial charge on any atom is -0.457 e. The van der Waals surface area contributed by atoms with Gasteiger partial charge in [-0.25, -0.2) is 14.4 Å². The summed E-state index contributed by atoms with van der Waals surface area (Å²) in [6, 6.07) is 21.6. The van der Waals surface area contributed by atoms with Gasteiger partial charge in [-0.3, -0.25) is 19.9 Å². The summed E-state index contributed by atoms with van der Waals surface area (Å²) in [7, 11) is 0. The van der Waals surface area contributed by atoms with Crippen LogP contribution >= 0.6 is 11.8 Å². The Labute approximate surface area is 252 Å². The molecule has 6 rings (SSSR count). The summed E-state index contributed by atoms with van der Waals surface area (Å²) in [5, 5.41) is 5.32. The van der Waals surface area contributed by atoms with Crippen molar-refractivity contribution in [2.45, 2.75) is 19.4 Å². The molecule has 0 aliphatic carbocycles. The second-order valence-corrected chi connectivity index (χ2v) is 11.3. The first-order chi connectivity index (χ1) is 21.0. The van der Waals surface area contributed by atoms with Gasteiger partial charge in [-0.15, -0.1) is 0 Å². The molecule has 0 radical (unpaired) electrons. The van der Waals surface area contributed by atoms with E-state index in [9.17, 15) is 14.0 Å². The maximum absolute atomic E-state index is 14.5. The number of pyridine rings is 1. The molecular formula is C32H29FN6O3S. The number of carbonyl (C=O) groups is 2. The van der Waals surface area contributed by atoms with Gasteiger partial charge in [0.1, 0.15) is 17.3 Å². The number of aromatic nitrogens is 3. The van der Waals surface area contributed by atoms with Crippen molar-refractivity contribution < 1.29 is 18.7 Å². The molecule has 11 heteroatoms. The SMILES string of the molecule is O=C1NC(=O)C(=Cc2ccnc(N3CCC(CNCc4cc(F)cc(-c5ccc(Oc6ccccc6)cc5)n4)CC3)n2)S1. The van der Waals surface area contributed by atoms with Gasteiger partial charge in [0, 0.05) is 37.5 Å². The van der Waals surface area contributed by atoms with E-state index in [0.717, 1.165) is 55.6 Å². The van der Waals surface area contributed by atoms with E-state index in [0.29, 0.717) is 46.1 Å². The molecule has 2 aliphatic rings. The Kier molecular flexibility index (Phi) is 8.71. The number of piperidine rings is 1. The largest absolute Gasteiger partial charge is 0.457 e. The number of nitrogens with one attached hydrogen (secondary N) is 2. The van der Waals surface area contributed by atoms with Crippen LogP contribution in [0.5, 0.6) is 11.5 Å². The number of halogens is 1. The Balaban J connectivity index is 0.997. The van der Waals surface area contributed by atoms with E-state index in [2.05, 4.69) is 30.5 Å². The highest BCUT2D eigenvalue weighted by atomic mass is 32.2. The van der Waals surface area contributed by atoms with E-state index in [1.165, 1.54) is 12.1 Å². The zero-order valence-electron chi connectivity index (χ0n) is 23.2. The molecule has 2 aromatic heterocycles. The summed E-state index contributed by atoms with van der Waals surface area (Å²) in [5.41, 5.74) is 2.62. The van der Waals surface area contributed by atoms with Gasteiger partial charge in [-0.05, 0) is 91.7 Å². The number of thioether (sulfide) groups is 1. The summed E-state index contributed by atoms with van der Waals surface area (Å²) in [5.74, 6) is 1.78. The van der Waals surface area contributed by atoms with Gasteiger partial charge < -0.3 is 15.0 Å². The lowest BCUT2D eigenvalue weighted by Gasteiger charge is -2.32. The lowest BCUT2D eigenvalue weighted by atomic mass is 9.97. The molecule has 0 saturated carbocycles. The molecule has 2 saturated heterocycles. The smallest absolute Gasteiger partial charge is 0.290 e. The quantitative estimate of drug-likeness (QED) is 0.232. The summed E-state index contributed by atoms with van der Waals surface area (Å²) in [4.78, 5) is 39.4. The first-order valence-corrected chi connectivity index (χ1v) is 14.8. The van der Waals surface area contributed by atoms with Crippen LogP contribution in [0.25, 0.3) is 17.3 Å². The Morgan fingerprint density at radius 3 is 2.51 bits per heavy atom. The molecule has 4 heterocycles. The fourth-order valence-electron chi connectivity index (χ4n) is 5.00. The monoisotopic (exact) mass is 596 g/mol. The number of hydrogen-bond acceptors (Lipinski definition) is 9. The van der Waals surface area contributed by atoms with Gasteiger partial charge in [0.05, 0.1) is 22.0 Å². The van der Waals surface area contributed by atoms with Crippen LogP contribution < -0.4 is 20.3 Å². The predicted octanol–water partition coefficient (Wildman–Crippen LogP) is 5.80.